The molecule has 0 amide bonds. The molecule has 12 atom stereocenters. The van der Waals surface area contributed by atoms with E-state index >= 15 is 0 Å². The van der Waals surface area contributed by atoms with Gasteiger partial charge in [0, 0.05) is 0 Å². The molecule has 0 saturated heterocycles. The molecule has 7 fully saturated rings. The molecule has 7 saturated carbocycles. The lowest BCUT2D eigenvalue weighted by atomic mass is 9.72. The fourth-order valence-corrected chi connectivity index (χ4v) is 14.3. The van der Waals surface area contributed by atoms with Gasteiger partial charge in [0.2, 0.25) is 0 Å². The second-order valence-electron chi connectivity index (χ2n) is 22.3. The van der Waals surface area contributed by atoms with Gasteiger partial charge in [-0.1, -0.05) is 200 Å². The molecule has 10 rings (SSSR count). The second-order valence-corrected chi connectivity index (χ2v) is 22.3. The first-order chi connectivity index (χ1) is 28.3. The molecule has 0 spiro atoms. The van der Waals surface area contributed by atoms with Gasteiger partial charge in [-0.25, -0.2) is 0 Å². The first kappa shape index (κ1) is 48.0. The van der Waals surface area contributed by atoms with E-state index in [0.29, 0.717) is 0 Å². The molecule has 0 aliphatic heterocycles. The molecular formula is C59H94. The third kappa shape index (κ3) is 13.2. The lowest BCUT2D eigenvalue weighted by molar-refractivity contribution is 0.162. The van der Waals surface area contributed by atoms with E-state index in [9.17, 15) is 0 Å². The maximum atomic E-state index is 2.47. The normalized spacial score (nSPS) is 36.3. The van der Waals surface area contributed by atoms with Crippen molar-refractivity contribution in [3.63, 3.8) is 0 Å². The molecule has 7 aliphatic carbocycles. The standard InChI is InChI=1S/C12H12.2C11H20.C10H18.C8H10.C7H14/c1-9-5-3-7-11-8-4-6-10(2)12(9)11;2*1-8-4-3-5-10-7-6-9(2)11(8)10;1-7-3-5-9-6-4-8(2)10(7)9;1-7-5-3-4-6-8(7)2;1-6-4-3-5-7(6)2/h3-8H,1-2H3;2*8-11H,3-7H2,1-2H3;7-10H,3-6H2,1-2H3;3-6H,1-2H3;6-7H,3-5H2,1-2H3. The minimum absolute atomic E-state index is 1.01. The van der Waals surface area contributed by atoms with Gasteiger partial charge in [-0.2, -0.15) is 0 Å². The summed E-state index contributed by atoms with van der Waals surface area (Å²) >= 11 is 0. The molecule has 7 aliphatic rings. The Morgan fingerprint density at radius 1 is 0.288 bits per heavy atom. The van der Waals surface area contributed by atoms with Crippen molar-refractivity contribution in [2.75, 3.05) is 0 Å². The van der Waals surface area contributed by atoms with Crippen molar-refractivity contribution in [3.8, 4) is 0 Å². The van der Waals surface area contributed by atoms with Crippen molar-refractivity contribution in [1.29, 1.82) is 0 Å². The molecule has 12 unspecified atom stereocenters. The maximum Gasteiger partial charge on any atom is -0.0125 e. The number of rotatable bonds is 0. The van der Waals surface area contributed by atoms with Crippen LogP contribution in [0, 0.1) is 111 Å². The summed E-state index contributed by atoms with van der Waals surface area (Å²) in [6.07, 6.45) is 25.7. The van der Waals surface area contributed by atoms with Gasteiger partial charge >= 0.3 is 0 Å². The maximum absolute atomic E-state index is 2.47. The quantitative estimate of drug-likeness (QED) is 0.212. The highest BCUT2D eigenvalue weighted by Crippen LogP contribution is 2.51. The van der Waals surface area contributed by atoms with Crippen LogP contribution in [0.25, 0.3) is 10.8 Å². The summed E-state index contributed by atoms with van der Waals surface area (Å²) < 4.78 is 0. The molecule has 0 heterocycles. The Kier molecular flexibility index (Phi) is 19.0. The molecule has 330 valence electrons. The minimum Gasteiger partial charge on any atom is -0.0623 e. The lowest BCUT2D eigenvalue weighted by Crippen LogP contribution is -2.25. The predicted octanol–water partition coefficient (Wildman–Crippen LogP) is 18.2. The molecule has 0 nitrogen and oxygen atoms in total. The van der Waals surface area contributed by atoms with Crippen LogP contribution in [0.1, 0.15) is 187 Å². The van der Waals surface area contributed by atoms with Crippen molar-refractivity contribution in [1.82, 2.24) is 0 Å². The van der Waals surface area contributed by atoms with Crippen LogP contribution < -0.4 is 0 Å². The summed E-state index contributed by atoms with van der Waals surface area (Å²) in [6.45, 7) is 28.1. The Labute approximate surface area is 367 Å². The Morgan fingerprint density at radius 3 is 0.847 bits per heavy atom. The van der Waals surface area contributed by atoms with E-state index in [1.165, 1.54) is 129 Å². The summed E-state index contributed by atoms with van der Waals surface area (Å²) in [6, 6.07) is 21.2. The van der Waals surface area contributed by atoms with E-state index in [-0.39, 0.29) is 0 Å². The molecule has 0 N–H and O–H groups in total. The molecule has 3 aromatic rings. The van der Waals surface area contributed by atoms with Gasteiger partial charge < -0.3 is 0 Å². The van der Waals surface area contributed by atoms with Crippen molar-refractivity contribution >= 4 is 10.8 Å². The van der Waals surface area contributed by atoms with E-state index in [2.05, 4.69) is 144 Å². The van der Waals surface area contributed by atoms with E-state index in [0.717, 1.165) is 82.9 Å². The van der Waals surface area contributed by atoms with Gasteiger partial charge in [-0.05, 0) is 169 Å². The third-order valence-corrected chi connectivity index (χ3v) is 18.1. The molecule has 0 bridgehead atoms. The van der Waals surface area contributed by atoms with Crippen LogP contribution in [0.3, 0.4) is 0 Å². The van der Waals surface area contributed by atoms with Crippen LogP contribution in [0.2, 0.25) is 0 Å². The van der Waals surface area contributed by atoms with Gasteiger partial charge in [-0.3, -0.25) is 0 Å². The summed E-state index contributed by atoms with van der Waals surface area (Å²) in [7, 11) is 0. The number of aryl methyl sites for hydroxylation is 4. The molecule has 3 aromatic carbocycles. The van der Waals surface area contributed by atoms with Crippen LogP contribution in [0.4, 0.5) is 0 Å². The van der Waals surface area contributed by atoms with E-state index in [1.807, 2.05) is 0 Å². The molecule has 0 radical (unpaired) electrons. The largest absolute Gasteiger partial charge is 0.0623 e. The van der Waals surface area contributed by atoms with Crippen molar-refractivity contribution < 1.29 is 0 Å². The first-order valence-electron chi connectivity index (χ1n) is 25.7. The average Bonchev–Trinajstić information content (AvgIpc) is 4.06. The fraction of sp³-hybridized carbons (Fsp3) is 0.729. The van der Waals surface area contributed by atoms with E-state index < -0.39 is 0 Å². The van der Waals surface area contributed by atoms with E-state index in [1.54, 1.807) is 12.8 Å². The number of hydrogen-bond acceptors (Lipinski definition) is 0. The summed E-state index contributed by atoms with van der Waals surface area (Å²) in [4.78, 5) is 0. The monoisotopic (exact) mass is 803 g/mol. The first-order valence-corrected chi connectivity index (χ1v) is 25.7. The zero-order chi connectivity index (χ0) is 42.6. The second kappa shape index (κ2) is 23.4. The topological polar surface area (TPSA) is 0 Å². The fourth-order valence-electron chi connectivity index (χ4n) is 14.3. The number of hydrogen-bond donors (Lipinski definition) is 0. The molecule has 59 heavy (non-hydrogen) atoms. The van der Waals surface area contributed by atoms with Crippen molar-refractivity contribution in [2.24, 2.45) is 82.9 Å². The van der Waals surface area contributed by atoms with E-state index in [4.69, 9.17) is 0 Å². The van der Waals surface area contributed by atoms with Gasteiger partial charge in [0.25, 0.3) is 0 Å². The van der Waals surface area contributed by atoms with Crippen molar-refractivity contribution in [2.45, 2.75) is 192 Å². The predicted molar refractivity (Wildman–Crippen MR) is 262 cm³/mol. The lowest BCUT2D eigenvalue weighted by Gasteiger charge is -2.33. The summed E-state index contributed by atoms with van der Waals surface area (Å²) in [5, 5.41) is 2.75. The summed E-state index contributed by atoms with van der Waals surface area (Å²) in [5.41, 5.74) is 5.47. The van der Waals surface area contributed by atoms with Crippen molar-refractivity contribution in [3.05, 3.63) is 82.9 Å². The SMILES string of the molecule is CC1CCC2CCC(C)C12.CC1CCCC1C.CC1CCCC2CCC(C)C12.CC1CCCC2CCC(C)C12.Cc1cccc2cccc(C)c12.Cc1ccccc1C. The smallest absolute Gasteiger partial charge is 0.0125 e. The number of benzene rings is 3. The van der Waals surface area contributed by atoms with Gasteiger partial charge in [-0.15, -0.1) is 0 Å². The molecule has 0 heteroatoms. The highest BCUT2D eigenvalue weighted by Gasteiger charge is 2.41. The van der Waals surface area contributed by atoms with Gasteiger partial charge in [0.15, 0.2) is 0 Å². The van der Waals surface area contributed by atoms with Crippen LogP contribution in [-0.2, 0) is 0 Å². The Bertz CT molecular complexity index is 1530. The Balaban J connectivity index is 0.000000136. The zero-order valence-corrected chi connectivity index (χ0v) is 40.9. The van der Waals surface area contributed by atoms with Gasteiger partial charge in [0.1, 0.15) is 0 Å². The Morgan fingerprint density at radius 2 is 0.576 bits per heavy atom. The van der Waals surface area contributed by atoms with Crippen LogP contribution >= 0.6 is 0 Å². The minimum atomic E-state index is 1.01. The third-order valence-electron chi connectivity index (χ3n) is 18.1. The number of fused-ring (bicyclic) bond motifs is 4. The van der Waals surface area contributed by atoms with Crippen LogP contribution in [0.15, 0.2) is 60.7 Å². The highest BCUT2D eigenvalue weighted by atomic mass is 14.5. The average molecular weight is 803 g/mol. The zero-order valence-electron chi connectivity index (χ0n) is 40.9. The Hall–Kier alpha value is -2.08. The van der Waals surface area contributed by atoms with Crippen LogP contribution in [0.5, 0.6) is 0 Å². The van der Waals surface area contributed by atoms with Gasteiger partial charge in [0.05, 0.1) is 0 Å². The van der Waals surface area contributed by atoms with Crippen LogP contribution in [-0.4, -0.2) is 0 Å². The molecular weight excluding hydrogens is 709 g/mol. The summed E-state index contributed by atoms with van der Waals surface area (Å²) in [5.74, 6) is 14.9. The highest BCUT2D eigenvalue weighted by molar-refractivity contribution is 5.88. The molecule has 0 aromatic heterocycles.